The number of carbonyl (C=O) groups excluding carboxylic acids is 1. The van der Waals surface area contributed by atoms with Crippen LogP contribution < -0.4 is 0 Å². The van der Waals surface area contributed by atoms with Gasteiger partial charge < -0.3 is 4.74 Å². The molecule has 1 heterocycles. The van der Waals surface area contributed by atoms with Gasteiger partial charge in [-0.2, -0.15) is 0 Å². The second-order valence-corrected chi connectivity index (χ2v) is 2.97. The van der Waals surface area contributed by atoms with Crippen molar-refractivity contribution in [1.29, 1.82) is 0 Å². The van der Waals surface area contributed by atoms with Crippen molar-refractivity contribution in [3.63, 3.8) is 0 Å². The maximum absolute atomic E-state index is 10.8. The molecule has 0 amide bonds. The largest absolute Gasteiger partial charge is 0.465 e. The summed E-state index contributed by atoms with van der Waals surface area (Å²) in [6.45, 7) is 4.25. The van der Waals surface area contributed by atoms with E-state index in [9.17, 15) is 4.79 Å². The van der Waals surface area contributed by atoms with Crippen molar-refractivity contribution >= 4 is 5.97 Å². The van der Waals surface area contributed by atoms with Crippen molar-refractivity contribution in [2.24, 2.45) is 5.92 Å². The first-order valence-electron chi connectivity index (χ1n) is 4.09. The predicted octanol–water partition coefficient (Wildman–Crippen LogP) is 1.91. The second kappa shape index (κ2) is 4.16. The highest BCUT2D eigenvalue weighted by atomic mass is 16.5. The molecule has 2 heteroatoms. The molecule has 0 bridgehead atoms. The van der Waals surface area contributed by atoms with Crippen LogP contribution in [0.2, 0.25) is 0 Å². The van der Waals surface area contributed by atoms with Crippen LogP contribution in [0.15, 0.2) is 12.7 Å². The molecule has 1 fully saturated rings. The van der Waals surface area contributed by atoms with Crippen molar-refractivity contribution in [3.8, 4) is 0 Å². The Hall–Kier alpha value is -0.790. The van der Waals surface area contributed by atoms with Crippen LogP contribution in [0, 0.1) is 5.92 Å². The molecule has 11 heavy (non-hydrogen) atoms. The van der Waals surface area contributed by atoms with E-state index in [0.29, 0.717) is 18.9 Å². The van der Waals surface area contributed by atoms with Crippen LogP contribution in [-0.2, 0) is 9.53 Å². The Morgan fingerprint density at radius 1 is 1.73 bits per heavy atom. The number of allylic oxidation sites excluding steroid dienone is 1. The van der Waals surface area contributed by atoms with Gasteiger partial charge in [-0.05, 0) is 25.2 Å². The lowest BCUT2D eigenvalue weighted by Crippen LogP contribution is -2.08. The molecule has 0 aliphatic carbocycles. The summed E-state index contributed by atoms with van der Waals surface area (Å²) in [7, 11) is 0. The summed E-state index contributed by atoms with van der Waals surface area (Å²) in [5.41, 5.74) is 0. The minimum atomic E-state index is -0.0448. The fourth-order valence-electron chi connectivity index (χ4n) is 1.32. The Morgan fingerprint density at radius 3 is 3.27 bits per heavy atom. The summed E-state index contributed by atoms with van der Waals surface area (Å²) in [5.74, 6) is 0.468. The van der Waals surface area contributed by atoms with Gasteiger partial charge in [0.15, 0.2) is 0 Å². The average molecular weight is 154 g/mol. The SMILES string of the molecule is C=CCC1CCCC(=O)OC1. The summed E-state index contributed by atoms with van der Waals surface area (Å²) in [6, 6.07) is 0. The van der Waals surface area contributed by atoms with E-state index in [2.05, 4.69) is 6.58 Å². The lowest BCUT2D eigenvalue weighted by molar-refractivity contribution is -0.143. The fourth-order valence-corrected chi connectivity index (χ4v) is 1.32. The number of cyclic esters (lactones) is 1. The van der Waals surface area contributed by atoms with Gasteiger partial charge in [0.05, 0.1) is 6.61 Å². The summed E-state index contributed by atoms with van der Waals surface area (Å²) >= 11 is 0. The molecular formula is C9H14O2. The van der Waals surface area contributed by atoms with E-state index in [1.165, 1.54) is 0 Å². The van der Waals surface area contributed by atoms with Gasteiger partial charge in [-0.1, -0.05) is 6.08 Å². The zero-order valence-electron chi connectivity index (χ0n) is 6.71. The highest BCUT2D eigenvalue weighted by Gasteiger charge is 2.15. The molecule has 1 saturated heterocycles. The van der Waals surface area contributed by atoms with Crippen molar-refractivity contribution in [3.05, 3.63) is 12.7 Å². The first-order valence-corrected chi connectivity index (χ1v) is 4.09. The van der Waals surface area contributed by atoms with Gasteiger partial charge in [0.25, 0.3) is 0 Å². The van der Waals surface area contributed by atoms with Crippen molar-refractivity contribution in [1.82, 2.24) is 0 Å². The van der Waals surface area contributed by atoms with E-state index in [0.717, 1.165) is 19.3 Å². The molecule has 1 atom stereocenters. The van der Waals surface area contributed by atoms with Crippen LogP contribution in [-0.4, -0.2) is 12.6 Å². The zero-order valence-corrected chi connectivity index (χ0v) is 6.71. The molecule has 1 aliphatic heterocycles. The number of carbonyl (C=O) groups is 1. The van der Waals surface area contributed by atoms with Crippen molar-refractivity contribution in [2.75, 3.05) is 6.61 Å². The van der Waals surface area contributed by atoms with Crippen molar-refractivity contribution < 1.29 is 9.53 Å². The van der Waals surface area contributed by atoms with E-state index in [-0.39, 0.29) is 5.97 Å². The van der Waals surface area contributed by atoms with Crippen LogP contribution >= 0.6 is 0 Å². The molecule has 0 spiro atoms. The van der Waals surface area contributed by atoms with E-state index >= 15 is 0 Å². The van der Waals surface area contributed by atoms with Gasteiger partial charge in [-0.3, -0.25) is 4.79 Å². The molecule has 0 N–H and O–H groups in total. The van der Waals surface area contributed by atoms with Gasteiger partial charge >= 0.3 is 5.97 Å². The Labute approximate surface area is 67.2 Å². The number of ether oxygens (including phenoxy) is 1. The average Bonchev–Trinajstić information content (AvgIpc) is 2.17. The fraction of sp³-hybridized carbons (Fsp3) is 0.667. The second-order valence-electron chi connectivity index (χ2n) is 2.97. The molecule has 0 aromatic heterocycles. The highest BCUT2D eigenvalue weighted by molar-refractivity contribution is 5.69. The molecule has 62 valence electrons. The Balaban J connectivity index is 2.33. The van der Waals surface area contributed by atoms with Gasteiger partial charge in [0.2, 0.25) is 0 Å². The van der Waals surface area contributed by atoms with Crippen LogP contribution in [0.4, 0.5) is 0 Å². The van der Waals surface area contributed by atoms with Gasteiger partial charge in [-0.25, -0.2) is 0 Å². The molecule has 0 radical (unpaired) electrons. The molecule has 1 aliphatic rings. The maximum atomic E-state index is 10.8. The summed E-state index contributed by atoms with van der Waals surface area (Å²) < 4.78 is 4.98. The monoisotopic (exact) mass is 154 g/mol. The quantitative estimate of drug-likeness (QED) is 0.448. The van der Waals surface area contributed by atoms with Crippen LogP contribution in [0.25, 0.3) is 0 Å². The van der Waals surface area contributed by atoms with E-state index < -0.39 is 0 Å². The minimum Gasteiger partial charge on any atom is -0.465 e. The smallest absolute Gasteiger partial charge is 0.305 e. The van der Waals surface area contributed by atoms with Crippen LogP contribution in [0.3, 0.4) is 0 Å². The lowest BCUT2D eigenvalue weighted by Gasteiger charge is -2.09. The third kappa shape index (κ3) is 2.74. The number of esters is 1. The van der Waals surface area contributed by atoms with Crippen molar-refractivity contribution in [2.45, 2.75) is 25.7 Å². The Kier molecular flexibility index (Phi) is 3.14. The number of hydrogen-bond acceptors (Lipinski definition) is 2. The maximum Gasteiger partial charge on any atom is 0.305 e. The van der Waals surface area contributed by atoms with Gasteiger partial charge in [-0.15, -0.1) is 6.58 Å². The standard InChI is InChI=1S/C9H14O2/c1-2-4-8-5-3-6-9(10)11-7-8/h2,8H,1,3-7H2. The Morgan fingerprint density at radius 2 is 2.55 bits per heavy atom. The van der Waals surface area contributed by atoms with E-state index in [4.69, 9.17) is 4.74 Å². The molecule has 2 nitrogen and oxygen atoms in total. The predicted molar refractivity (Wildman–Crippen MR) is 43.1 cm³/mol. The molecule has 0 aromatic rings. The topological polar surface area (TPSA) is 26.3 Å². The zero-order chi connectivity index (χ0) is 8.10. The Bertz CT molecular complexity index is 152. The molecule has 1 unspecified atom stereocenters. The lowest BCUT2D eigenvalue weighted by atomic mass is 10.0. The number of hydrogen-bond donors (Lipinski definition) is 0. The highest BCUT2D eigenvalue weighted by Crippen LogP contribution is 2.17. The molecule has 1 rings (SSSR count). The van der Waals surface area contributed by atoms with Crippen LogP contribution in [0.1, 0.15) is 25.7 Å². The summed E-state index contributed by atoms with van der Waals surface area (Å²) in [6.07, 6.45) is 5.51. The van der Waals surface area contributed by atoms with Crippen LogP contribution in [0.5, 0.6) is 0 Å². The molecule has 0 saturated carbocycles. The summed E-state index contributed by atoms with van der Waals surface area (Å²) in [4.78, 5) is 10.8. The number of rotatable bonds is 2. The third-order valence-electron chi connectivity index (χ3n) is 1.97. The molecular weight excluding hydrogens is 140 g/mol. The first kappa shape index (κ1) is 8.31. The van der Waals surface area contributed by atoms with E-state index in [1.54, 1.807) is 0 Å². The normalized spacial score (nSPS) is 25.5. The third-order valence-corrected chi connectivity index (χ3v) is 1.97. The van der Waals surface area contributed by atoms with Gasteiger partial charge in [0.1, 0.15) is 0 Å². The minimum absolute atomic E-state index is 0.0448. The van der Waals surface area contributed by atoms with E-state index in [1.807, 2.05) is 6.08 Å². The summed E-state index contributed by atoms with van der Waals surface area (Å²) in [5, 5.41) is 0. The first-order chi connectivity index (χ1) is 5.33. The molecule has 0 aromatic carbocycles. The van der Waals surface area contributed by atoms with Gasteiger partial charge in [0, 0.05) is 6.42 Å².